The van der Waals surface area contributed by atoms with Crippen molar-refractivity contribution in [2.75, 3.05) is 5.73 Å². The summed E-state index contributed by atoms with van der Waals surface area (Å²) < 4.78 is 1.81. The number of hydrogen-bond acceptors (Lipinski definition) is 6. The minimum absolute atomic E-state index is 0.266. The summed E-state index contributed by atoms with van der Waals surface area (Å²) in [6.45, 7) is 2.35. The van der Waals surface area contributed by atoms with Gasteiger partial charge >= 0.3 is 5.69 Å². The molecule has 0 unspecified atom stereocenters. The van der Waals surface area contributed by atoms with Crippen LogP contribution in [0, 0.1) is 0 Å². The van der Waals surface area contributed by atoms with E-state index in [1.54, 1.807) is 19.3 Å². The molecule has 0 saturated carbocycles. The second kappa shape index (κ2) is 8.72. The first-order valence-electron chi connectivity index (χ1n) is 9.86. The molecule has 0 spiro atoms. The number of aromatic amines is 2. The van der Waals surface area contributed by atoms with Gasteiger partial charge in [0.1, 0.15) is 11.4 Å². The molecule has 0 saturated heterocycles. The van der Waals surface area contributed by atoms with E-state index in [1.165, 1.54) is 0 Å². The van der Waals surface area contributed by atoms with Crippen LogP contribution in [0.2, 0.25) is 0 Å². The number of hydrogen-bond donors (Lipinski definition) is 4. The Morgan fingerprint density at radius 1 is 1.16 bits per heavy atom. The highest BCUT2D eigenvalue weighted by Gasteiger charge is 2.17. The van der Waals surface area contributed by atoms with Crippen LogP contribution < -0.4 is 22.3 Å². The van der Waals surface area contributed by atoms with Crippen LogP contribution in [0.5, 0.6) is 0 Å². The third-order valence-electron chi connectivity index (χ3n) is 4.96. The van der Waals surface area contributed by atoms with E-state index in [2.05, 4.69) is 20.4 Å². The Kier molecular flexibility index (Phi) is 5.67. The largest absolute Gasteiger partial charge is 0.392 e. The molecule has 1 aromatic carbocycles. The van der Waals surface area contributed by atoms with Crippen LogP contribution in [-0.2, 0) is 6.54 Å². The predicted molar refractivity (Wildman–Crippen MR) is 119 cm³/mol. The molecule has 3 heterocycles. The number of amides is 1. The number of nitrogens with one attached hydrogen (secondary N) is 3. The van der Waals surface area contributed by atoms with E-state index < -0.39 is 23.2 Å². The molecule has 4 rings (SSSR count). The maximum Gasteiger partial charge on any atom is 0.326 e. The van der Waals surface area contributed by atoms with E-state index in [0.717, 1.165) is 22.4 Å². The lowest BCUT2D eigenvalue weighted by molar-refractivity contribution is 0.0935. The smallest absolute Gasteiger partial charge is 0.326 e. The van der Waals surface area contributed by atoms with Crippen LogP contribution in [0.15, 0.2) is 70.6 Å². The summed E-state index contributed by atoms with van der Waals surface area (Å²) in [7, 11) is 0. The van der Waals surface area contributed by atoms with Crippen LogP contribution in [0.25, 0.3) is 11.1 Å². The Bertz CT molecular complexity index is 1370. The molecule has 0 aliphatic rings. The maximum atomic E-state index is 12.6. The Morgan fingerprint density at radius 3 is 2.78 bits per heavy atom. The van der Waals surface area contributed by atoms with Gasteiger partial charge in [-0.1, -0.05) is 24.3 Å². The average Bonchev–Trinajstić information content (AvgIpc) is 3.25. The molecule has 5 N–H and O–H groups in total. The third kappa shape index (κ3) is 4.48. The number of benzene rings is 1. The number of pyridine rings is 1. The van der Waals surface area contributed by atoms with Gasteiger partial charge < -0.3 is 16.0 Å². The van der Waals surface area contributed by atoms with Crippen LogP contribution in [0.4, 0.5) is 5.69 Å². The first-order valence-corrected chi connectivity index (χ1v) is 9.86. The normalized spacial score (nSPS) is 11.8. The third-order valence-corrected chi connectivity index (χ3v) is 4.96. The number of rotatable bonds is 6. The van der Waals surface area contributed by atoms with Crippen LogP contribution in [0.1, 0.15) is 34.7 Å². The van der Waals surface area contributed by atoms with Crippen LogP contribution in [0.3, 0.4) is 0 Å². The van der Waals surface area contributed by atoms with Gasteiger partial charge in [-0.25, -0.2) is 4.79 Å². The number of nitrogen functional groups attached to an aromatic ring is 1. The Balaban J connectivity index is 1.51. The van der Waals surface area contributed by atoms with Gasteiger partial charge in [0.15, 0.2) is 0 Å². The number of aromatic nitrogens is 5. The Hall–Kier alpha value is -4.47. The van der Waals surface area contributed by atoms with E-state index in [0.29, 0.717) is 6.54 Å². The minimum Gasteiger partial charge on any atom is -0.392 e. The van der Waals surface area contributed by atoms with E-state index in [9.17, 15) is 14.4 Å². The highest BCUT2D eigenvalue weighted by atomic mass is 16.2. The van der Waals surface area contributed by atoms with Crippen molar-refractivity contribution in [3.8, 4) is 11.1 Å². The van der Waals surface area contributed by atoms with Crippen molar-refractivity contribution in [1.82, 2.24) is 30.0 Å². The first-order chi connectivity index (χ1) is 15.4. The fourth-order valence-corrected chi connectivity index (χ4v) is 3.27. The fraction of sp³-hybridized carbons (Fsp3) is 0.136. The molecular formula is C22H21N7O3. The van der Waals surface area contributed by atoms with E-state index in [4.69, 9.17) is 5.73 Å². The van der Waals surface area contributed by atoms with Gasteiger partial charge in [-0.2, -0.15) is 5.10 Å². The van der Waals surface area contributed by atoms with Gasteiger partial charge in [0, 0.05) is 18.0 Å². The van der Waals surface area contributed by atoms with Crippen molar-refractivity contribution in [3.05, 3.63) is 98.8 Å². The molecule has 32 heavy (non-hydrogen) atoms. The molecule has 0 bridgehead atoms. The summed E-state index contributed by atoms with van der Waals surface area (Å²) in [5, 5.41) is 7.16. The zero-order valence-electron chi connectivity index (χ0n) is 17.2. The minimum atomic E-state index is -0.809. The highest BCUT2D eigenvalue weighted by Crippen LogP contribution is 2.23. The molecule has 3 aromatic heterocycles. The number of anilines is 1. The van der Waals surface area contributed by atoms with Gasteiger partial charge in [-0.05, 0) is 36.2 Å². The lowest BCUT2D eigenvalue weighted by Crippen LogP contribution is -2.34. The summed E-state index contributed by atoms with van der Waals surface area (Å²) in [6, 6.07) is 13.0. The molecule has 0 aliphatic heterocycles. The van der Waals surface area contributed by atoms with Gasteiger partial charge in [-0.15, -0.1) is 0 Å². The summed E-state index contributed by atoms with van der Waals surface area (Å²) in [6.07, 6.45) is 5.44. The van der Waals surface area contributed by atoms with Crippen molar-refractivity contribution < 1.29 is 4.79 Å². The zero-order valence-corrected chi connectivity index (χ0v) is 17.2. The summed E-state index contributed by atoms with van der Waals surface area (Å²) in [4.78, 5) is 44.2. The lowest BCUT2D eigenvalue weighted by atomic mass is 10.0. The van der Waals surface area contributed by atoms with Crippen LogP contribution >= 0.6 is 0 Å². The number of carbonyl (C=O) groups is 1. The van der Waals surface area contributed by atoms with Crippen molar-refractivity contribution in [3.63, 3.8) is 0 Å². The summed E-state index contributed by atoms with van der Waals surface area (Å²) >= 11 is 0. The van der Waals surface area contributed by atoms with Gasteiger partial charge in [0.2, 0.25) is 0 Å². The van der Waals surface area contributed by atoms with Gasteiger partial charge in [0.05, 0.1) is 24.5 Å². The Labute approximate surface area is 182 Å². The predicted octanol–water partition coefficient (Wildman–Crippen LogP) is 1.44. The molecule has 0 fully saturated rings. The molecule has 1 amide bonds. The fourth-order valence-electron chi connectivity index (χ4n) is 3.27. The lowest BCUT2D eigenvalue weighted by Gasteiger charge is -2.15. The molecular weight excluding hydrogens is 410 g/mol. The summed E-state index contributed by atoms with van der Waals surface area (Å²) in [5.41, 5.74) is 7.01. The Morgan fingerprint density at radius 2 is 2.00 bits per heavy atom. The quantitative estimate of drug-likeness (QED) is 0.363. The molecule has 10 nitrogen and oxygen atoms in total. The van der Waals surface area contributed by atoms with E-state index >= 15 is 0 Å². The first kappa shape index (κ1) is 20.8. The molecule has 10 heteroatoms. The van der Waals surface area contributed by atoms with Crippen molar-refractivity contribution >= 4 is 11.6 Å². The van der Waals surface area contributed by atoms with E-state index in [-0.39, 0.29) is 11.4 Å². The van der Waals surface area contributed by atoms with Crippen molar-refractivity contribution in [2.24, 2.45) is 0 Å². The number of carbonyl (C=O) groups excluding carboxylic acids is 1. The zero-order chi connectivity index (χ0) is 22.7. The molecule has 0 aliphatic carbocycles. The van der Waals surface area contributed by atoms with Gasteiger partial charge in [0.25, 0.3) is 11.5 Å². The number of H-pyrrole nitrogens is 2. The van der Waals surface area contributed by atoms with Crippen molar-refractivity contribution in [2.45, 2.75) is 19.5 Å². The monoisotopic (exact) mass is 431 g/mol. The standard InChI is InChI=1S/C22H21N7O3/c1-13(26-21(31)19-18(23)20(30)28-22(32)27-19)14-5-4-6-15(9-14)16-10-25-29(11-16)12-17-7-2-3-8-24-17/h2-11,13H,12,23H2,1H3,(H,26,31)(H2,27,28,30,32)/t13-/m1/s1. The maximum absolute atomic E-state index is 12.6. The topological polar surface area (TPSA) is 152 Å². The second-order valence-electron chi connectivity index (χ2n) is 7.27. The second-order valence-corrected chi connectivity index (χ2v) is 7.27. The molecule has 0 radical (unpaired) electrons. The van der Waals surface area contributed by atoms with Gasteiger partial charge in [-0.3, -0.25) is 24.2 Å². The number of nitrogens with two attached hydrogens (primary N) is 1. The van der Waals surface area contributed by atoms with Crippen molar-refractivity contribution in [1.29, 1.82) is 0 Å². The highest BCUT2D eigenvalue weighted by molar-refractivity contribution is 5.97. The summed E-state index contributed by atoms with van der Waals surface area (Å²) in [5.74, 6) is -0.646. The van der Waals surface area contributed by atoms with Crippen LogP contribution in [-0.4, -0.2) is 30.6 Å². The number of nitrogens with zero attached hydrogens (tertiary/aromatic N) is 3. The molecule has 162 valence electrons. The molecule has 1 atom stereocenters. The molecule has 4 aromatic rings. The average molecular weight is 431 g/mol. The SMILES string of the molecule is C[C@@H](NC(=O)c1[nH]c(=O)[nH]c(=O)c1N)c1cccc(-c2cnn(Cc3ccccn3)c2)c1. The van der Waals surface area contributed by atoms with E-state index in [1.807, 2.05) is 58.3 Å².